The second-order valence-electron chi connectivity index (χ2n) is 4.00. The Morgan fingerprint density at radius 1 is 0.611 bits per heavy atom. The van der Waals surface area contributed by atoms with Crippen LogP contribution in [0.3, 0.4) is 0 Å². The zero-order chi connectivity index (χ0) is 13.1. The van der Waals surface area contributed by atoms with Crippen LogP contribution >= 0.6 is 0 Å². The maximum Gasteiger partial charge on any atom is 0.488 e. The monoisotopic (exact) mass is 242 g/mol. The first-order chi connectivity index (χ1) is 8.58. The molecule has 0 atom stereocenters. The van der Waals surface area contributed by atoms with Crippen molar-refractivity contribution in [3.63, 3.8) is 0 Å². The zero-order valence-electron chi connectivity index (χ0n) is 9.56. The first-order valence-corrected chi connectivity index (χ1v) is 5.50. The molecular formula is C12H12B2O4. The summed E-state index contributed by atoms with van der Waals surface area (Å²) in [5.41, 5.74) is 2.00. The fourth-order valence-corrected chi connectivity index (χ4v) is 1.77. The summed E-state index contributed by atoms with van der Waals surface area (Å²) in [6.07, 6.45) is 0. The molecule has 0 bridgehead atoms. The normalized spacial score (nSPS) is 10.2. The second-order valence-corrected chi connectivity index (χ2v) is 4.00. The molecule has 0 unspecified atom stereocenters. The highest BCUT2D eigenvalue weighted by atomic mass is 16.4. The summed E-state index contributed by atoms with van der Waals surface area (Å²) in [7, 11) is -3.29. The topological polar surface area (TPSA) is 80.9 Å². The Balaban J connectivity index is 2.54. The van der Waals surface area contributed by atoms with Gasteiger partial charge in [-0.05, 0) is 22.1 Å². The Hall–Kier alpha value is -1.59. The Morgan fingerprint density at radius 2 is 1.11 bits per heavy atom. The van der Waals surface area contributed by atoms with Gasteiger partial charge in [0.1, 0.15) is 0 Å². The molecule has 0 aliphatic carbocycles. The molecule has 0 saturated heterocycles. The van der Waals surface area contributed by atoms with Crippen molar-refractivity contribution >= 4 is 25.2 Å². The lowest BCUT2D eigenvalue weighted by molar-refractivity contribution is 0.425. The molecule has 2 rings (SSSR count). The SMILES string of the molecule is OB(O)c1cc(B(O)O)cc(-c2ccccc2)c1. The molecule has 0 aromatic heterocycles. The Kier molecular flexibility index (Phi) is 3.84. The molecule has 0 heterocycles. The fraction of sp³-hybridized carbons (Fsp3) is 0. The van der Waals surface area contributed by atoms with Crippen molar-refractivity contribution in [2.45, 2.75) is 0 Å². The van der Waals surface area contributed by atoms with E-state index in [1.54, 1.807) is 12.1 Å². The summed E-state index contributed by atoms with van der Waals surface area (Å²) < 4.78 is 0. The van der Waals surface area contributed by atoms with Crippen LogP contribution in [-0.4, -0.2) is 34.3 Å². The zero-order valence-corrected chi connectivity index (χ0v) is 9.56. The van der Waals surface area contributed by atoms with E-state index in [-0.39, 0.29) is 10.9 Å². The first kappa shape index (κ1) is 12.9. The van der Waals surface area contributed by atoms with Gasteiger partial charge in [-0.15, -0.1) is 0 Å². The molecule has 0 saturated carbocycles. The molecule has 0 aliphatic rings. The summed E-state index contributed by atoms with van der Waals surface area (Å²) in [5, 5.41) is 36.8. The van der Waals surface area contributed by atoms with Crippen molar-refractivity contribution in [3.05, 3.63) is 48.5 Å². The van der Waals surface area contributed by atoms with Crippen LogP contribution in [0.2, 0.25) is 0 Å². The summed E-state index contributed by atoms with van der Waals surface area (Å²) in [5.74, 6) is 0. The molecule has 2 aromatic rings. The van der Waals surface area contributed by atoms with E-state index in [9.17, 15) is 20.1 Å². The van der Waals surface area contributed by atoms with E-state index in [1.165, 1.54) is 6.07 Å². The van der Waals surface area contributed by atoms with Crippen LogP contribution in [0.5, 0.6) is 0 Å². The maximum absolute atomic E-state index is 9.19. The van der Waals surface area contributed by atoms with Gasteiger partial charge in [0, 0.05) is 0 Å². The Labute approximate surface area is 105 Å². The van der Waals surface area contributed by atoms with E-state index < -0.39 is 14.2 Å². The minimum absolute atomic E-state index is 0.222. The molecule has 0 radical (unpaired) electrons. The third-order valence-electron chi connectivity index (χ3n) is 2.68. The van der Waals surface area contributed by atoms with E-state index >= 15 is 0 Å². The van der Waals surface area contributed by atoms with Crippen LogP contribution < -0.4 is 10.9 Å². The van der Waals surface area contributed by atoms with Crippen molar-refractivity contribution in [1.82, 2.24) is 0 Å². The number of rotatable bonds is 3. The number of hydrogen-bond donors (Lipinski definition) is 4. The van der Waals surface area contributed by atoms with Crippen LogP contribution in [0.1, 0.15) is 0 Å². The van der Waals surface area contributed by atoms with Crippen LogP contribution in [0.25, 0.3) is 11.1 Å². The molecular weight excluding hydrogens is 230 g/mol. The average Bonchev–Trinajstić information content (AvgIpc) is 2.39. The number of hydrogen-bond acceptors (Lipinski definition) is 4. The van der Waals surface area contributed by atoms with E-state index in [2.05, 4.69) is 0 Å². The molecule has 0 spiro atoms. The van der Waals surface area contributed by atoms with Gasteiger partial charge in [-0.3, -0.25) is 0 Å². The molecule has 4 nitrogen and oxygen atoms in total. The minimum Gasteiger partial charge on any atom is -0.423 e. The largest absolute Gasteiger partial charge is 0.488 e. The van der Waals surface area contributed by atoms with E-state index in [0.717, 1.165) is 5.56 Å². The van der Waals surface area contributed by atoms with Gasteiger partial charge in [0.15, 0.2) is 0 Å². The van der Waals surface area contributed by atoms with E-state index in [1.807, 2.05) is 30.3 Å². The summed E-state index contributed by atoms with van der Waals surface area (Å²) in [6.45, 7) is 0. The minimum atomic E-state index is -1.65. The Morgan fingerprint density at radius 3 is 1.56 bits per heavy atom. The molecule has 2 aromatic carbocycles. The van der Waals surface area contributed by atoms with Crippen LogP contribution in [-0.2, 0) is 0 Å². The summed E-state index contributed by atoms with van der Waals surface area (Å²) in [4.78, 5) is 0. The third kappa shape index (κ3) is 2.80. The van der Waals surface area contributed by atoms with Gasteiger partial charge in [-0.1, -0.05) is 48.5 Å². The van der Waals surface area contributed by atoms with Crippen LogP contribution in [0, 0.1) is 0 Å². The molecule has 0 aliphatic heterocycles. The lowest BCUT2D eigenvalue weighted by Crippen LogP contribution is -2.38. The molecule has 90 valence electrons. The van der Waals surface area contributed by atoms with Gasteiger partial charge >= 0.3 is 14.2 Å². The maximum atomic E-state index is 9.19. The number of benzene rings is 2. The van der Waals surface area contributed by atoms with Crippen molar-refractivity contribution in [2.75, 3.05) is 0 Å². The van der Waals surface area contributed by atoms with Crippen molar-refractivity contribution in [2.24, 2.45) is 0 Å². The standard InChI is InChI=1S/C12H12B2O4/c15-13(16)11-6-10(7-12(8-11)14(17)18)9-4-2-1-3-5-9/h1-8,15-18H. The van der Waals surface area contributed by atoms with Gasteiger partial charge in [0.05, 0.1) is 0 Å². The predicted octanol–water partition coefficient (Wildman–Crippen LogP) is -1.29. The smallest absolute Gasteiger partial charge is 0.423 e. The molecule has 18 heavy (non-hydrogen) atoms. The Bertz CT molecular complexity index is 503. The van der Waals surface area contributed by atoms with Gasteiger partial charge in [0.25, 0.3) is 0 Å². The summed E-state index contributed by atoms with van der Waals surface area (Å²) in [6, 6.07) is 13.8. The third-order valence-corrected chi connectivity index (χ3v) is 2.68. The first-order valence-electron chi connectivity index (χ1n) is 5.50. The van der Waals surface area contributed by atoms with Crippen LogP contribution in [0.15, 0.2) is 48.5 Å². The van der Waals surface area contributed by atoms with Crippen molar-refractivity contribution in [3.8, 4) is 11.1 Å². The molecule has 0 amide bonds. The highest BCUT2D eigenvalue weighted by Crippen LogP contribution is 2.16. The quantitative estimate of drug-likeness (QED) is 0.505. The summed E-state index contributed by atoms with van der Waals surface area (Å²) >= 11 is 0. The molecule has 0 fully saturated rings. The van der Waals surface area contributed by atoms with Crippen molar-refractivity contribution in [1.29, 1.82) is 0 Å². The lowest BCUT2D eigenvalue weighted by Gasteiger charge is -2.09. The van der Waals surface area contributed by atoms with Crippen LogP contribution in [0.4, 0.5) is 0 Å². The second kappa shape index (κ2) is 5.37. The van der Waals surface area contributed by atoms with Gasteiger partial charge < -0.3 is 20.1 Å². The lowest BCUT2D eigenvalue weighted by atomic mass is 9.71. The fourth-order valence-electron chi connectivity index (χ4n) is 1.77. The highest BCUT2D eigenvalue weighted by Gasteiger charge is 2.18. The van der Waals surface area contributed by atoms with Crippen molar-refractivity contribution < 1.29 is 20.1 Å². The average molecular weight is 242 g/mol. The van der Waals surface area contributed by atoms with Gasteiger partial charge in [-0.25, -0.2) is 0 Å². The predicted molar refractivity (Wildman–Crippen MR) is 71.5 cm³/mol. The molecule has 6 heteroatoms. The van der Waals surface area contributed by atoms with E-state index in [4.69, 9.17) is 0 Å². The van der Waals surface area contributed by atoms with E-state index in [0.29, 0.717) is 5.56 Å². The highest BCUT2D eigenvalue weighted by molar-refractivity contribution is 6.62. The van der Waals surface area contributed by atoms with Gasteiger partial charge in [0.2, 0.25) is 0 Å². The van der Waals surface area contributed by atoms with Gasteiger partial charge in [-0.2, -0.15) is 0 Å². The molecule has 4 N–H and O–H groups in total.